The summed E-state index contributed by atoms with van der Waals surface area (Å²) in [6.07, 6.45) is 6.39. The number of carbonyl (C=O) groups excluding carboxylic acids is 1. The standard InChI is InChI=1S/C21H28N2O2/c1-15-13-20(16(2)23(15)18-7-5-4-6-8-18)21(24)14-22-17-9-11-19(25-3)12-10-17/h9-13,18,22H,4-8,14H2,1-3H3. The van der Waals surface area contributed by atoms with Gasteiger partial charge < -0.3 is 14.6 Å². The van der Waals surface area contributed by atoms with Gasteiger partial charge in [-0.1, -0.05) is 19.3 Å². The predicted octanol–water partition coefficient (Wildman–Crippen LogP) is 4.91. The summed E-state index contributed by atoms with van der Waals surface area (Å²) in [4.78, 5) is 12.7. The Morgan fingerprint density at radius 1 is 1.16 bits per heavy atom. The fourth-order valence-electron chi connectivity index (χ4n) is 3.95. The van der Waals surface area contributed by atoms with Crippen molar-refractivity contribution in [1.29, 1.82) is 0 Å². The van der Waals surface area contributed by atoms with Crippen molar-refractivity contribution in [3.05, 3.63) is 47.3 Å². The van der Waals surface area contributed by atoms with Crippen LogP contribution in [0.3, 0.4) is 0 Å². The maximum Gasteiger partial charge on any atom is 0.183 e. The maximum atomic E-state index is 12.7. The summed E-state index contributed by atoms with van der Waals surface area (Å²) in [6, 6.07) is 10.3. The first-order valence-electron chi connectivity index (χ1n) is 9.19. The van der Waals surface area contributed by atoms with Gasteiger partial charge in [-0.2, -0.15) is 0 Å². The molecule has 4 nitrogen and oxygen atoms in total. The number of carbonyl (C=O) groups is 1. The fourth-order valence-corrected chi connectivity index (χ4v) is 3.95. The highest BCUT2D eigenvalue weighted by atomic mass is 16.5. The summed E-state index contributed by atoms with van der Waals surface area (Å²) in [7, 11) is 1.65. The van der Waals surface area contributed by atoms with Crippen molar-refractivity contribution < 1.29 is 9.53 Å². The van der Waals surface area contributed by atoms with E-state index in [4.69, 9.17) is 4.74 Å². The van der Waals surface area contributed by atoms with Gasteiger partial charge in [0.15, 0.2) is 5.78 Å². The van der Waals surface area contributed by atoms with Crippen LogP contribution in [-0.2, 0) is 0 Å². The van der Waals surface area contributed by atoms with E-state index < -0.39 is 0 Å². The molecule has 2 aromatic rings. The zero-order chi connectivity index (χ0) is 17.8. The molecule has 0 radical (unpaired) electrons. The van der Waals surface area contributed by atoms with Crippen LogP contribution in [0.5, 0.6) is 5.75 Å². The van der Waals surface area contributed by atoms with Gasteiger partial charge in [0.1, 0.15) is 5.75 Å². The Morgan fingerprint density at radius 3 is 2.48 bits per heavy atom. The van der Waals surface area contributed by atoms with Crippen LogP contribution in [0.1, 0.15) is 59.9 Å². The number of hydrogen-bond acceptors (Lipinski definition) is 3. The SMILES string of the molecule is COc1ccc(NCC(=O)c2cc(C)n(C3CCCCC3)c2C)cc1. The Hall–Kier alpha value is -2.23. The largest absolute Gasteiger partial charge is 0.497 e. The number of nitrogens with one attached hydrogen (secondary N) is 1. The van der Waals surface area contributed by atoms with Gasteiger partial charge in [0.2, 0.25) is 0 Å². The lowest BCUT2D eigenvalue weighted by Crippen LogP contribution is -2.17. The van der Waals surface area contributed by atoms with Crippen molar-refractivity contribution in [1.82, 2.24) is 4.57 Å². The van der Waals surface area contributed by atoms with Gasteiger partial charge in [0, 0.05) is 28.7 Å². The number of rotatable bonds is 6. The second-order valence-corrected chi connectivity index (χ2v) is 6.95. The van der Waals surface area contributed by atoms with E-state index in [1.54, 1.807) is 7.11 Å². The molecule has 3 rings (SSSR count). The Morgan fingerprint density at radius 2 is 1.84 bits per heavy atom. The molecule has 1 N–H and O–H groups in total. The third-order valence-corrected chi connectivity index (χ3v) is 5.27. The van der Waals surface area contributed by atoms with Crippen LogP contribution < -0.4 is 10.1 Å². The summed E-state index contributed by atoms with van der Waals surface area (Å²) in [5.74, 6) is 0.957. The Kier molecular flexibility index (Phi) is 5.47. The highest BCUT2D eigenvalue weighted by Gasteiger charge is 2.22. The Balaban J connectivity index is 1.69. The number of benzene rings is 1. The second kappa shape index (κ2) is 7.77. The Labute approximate surface area is 150 Å². The molecule has 1 saturated carbocycles. The first-order valence-corrected chi connectivity index (χ1v) is 9.19. The smallest absolute Gasteiger partial charge is 0.183 e. The van der Waals surface area contributed by atoms with E-state index >= 15 is 0 Å². The van der Waals surface area contributed by atoms with E-state index in [1.165, 1.54) is 37.8 Å². The van der Waals surface area contributed by atoms with Crippen LogP contribution in [-0.4, -0.2) is 24.0 Å². The van der Waals surface area contributed by atoms with E-state index in [9.17, 15) is 4.79 Å². The zero-order valence-corrected chi connectivity index (χ0v) is 15.5. The number of hydrogen-bond donors (Lipinski definition) is 1. The molecule has 0 atom stereocenters. The molecule has 0 aliphatic heterocycles. The molecule has 0 saturated heterocycles. The second-order valence-electron chi connectivity index (χ2n) is 6.95. The van der Waals surface area contributed by atoms with E-state index in [-0.39, 0.29) is 5.78 Å². The van der Waals surface area contributed by atoms with Gasteiger partial charge in [-0.05, 0) is 57.0 Å². The molecule has 25 heavy (non-hydrogen) atoms. The normalized spacial score (nSPS) is 15.2. The molecule has 1 aromatic heterocycles. The van der Waals surface area contributed by atoms with Gasteiger partial charge in [-0.25, -0.2) is 0 Å². The van der Waals surface area contributed by atoms with E-state index in [1.807, 2.05) is 24.3 Å². The Bertz CT molecular complexity index is 725. The van der Waals surface area contributed by atoms with Crippen LogP contribution in [0.25, 0.3) is 0 Å². The van der Waals surface area contributed by atoms with Crippen molar-refractivity contribution in [2.45, 2.75) is 52.0 Å². The zero-order valence-electron chi connectivity index (χ0n) is 15.5. The van der Waals surface area contributed by atoms with Crippen molar-refractivity contribution in [2.24, 2.45) is 0 Å². The number of methoxy groups -OCH3 is 1. The molecule has 0 spiro atoms. The number of nitrogens with zero attached hydrogens (tertiary/aromatic N) is 1. The summed E-state index contributed by atoms with van der Waals surface area (Å²) in [5, 5.41) is 3.22. The molecule has 1 fully saturated rings. The maximum absolute atomic E-state index is 12.7. The lowest BCUT2D eigenvalue weighted by molar-refractivity contribution is 0.101. The molecule has 1 aliphatic carbocycles. The molecule has 0 unspecified atom stereocenters. The van der Waals surface area contributed by atoms with E-state index in [0.717, 1.165) is 22.7 Å². The molecule has 1 aromatic carbocycles. The molecular formula is C21H28N2O2. The molecular weight excluding hydrogens is 312 g/mol. The van der Waals surface area contributed by atoms with Crippen LogP contribution in [0.15, 0.2) is 30.3 Å². The van der Waals surface area contributed by atoms with Crippen LogP contribution in [0, 0.1) is 13.8 Å². The summed E-state index contributed by atoms with van der Waals surface area (Å²) in [5.41, 5.74) is 4.10. The van der Waals surface area contributed by atoms with Gasteiger partial charge in [0.25, 0.3) is 0 Å². The summed E-state index contributed by atoms with van der Waals surface area (Å²) < 4.78 is 7.54. The quantitative estimate of drug-likeness (QED) is 0.760. The van der Waals surface area contributed by atoms with Gasteiger partial charge in [-0.3, -0.25) is 4.79 Å². The number of aryl methyl sites for hydroxylation is 1. The molecule has 134 valence electrons. The number of aromatic nitrogens is 1. The summed E-state index contributed by atoms with van der Waals surface area (Å²) >= 11 is 0. The van der Waals surface area contributed by atoms with Gasteiger partial charge in [0.05, 0.1) is 13.7 Å². The molecule has 1 heterocycles. The van der Waals surface area contributed by atoms with Crippen molar-refractivity contribution in [2.75, 3.05) is 19.0 Å². The molecule has 0 bridgehead atoms. The van der Waals surface area contributed by atoms with Crippen LogP contribution in [0.4, 0.5) is 5.69 Å². The highest BCUT2D eigenvalue weighted by Crippen LogP contribution is 2.32. The minimum atomic E-state index is 0.144. The average molecular weight is 340 g/mol. The van der Waals surface area contributed by atoms with E-state index in [0.29, 0.717) is 12.6 Å². The average Bonchev–Trinajstić information content (AvgIpc) is 2.95. The van der Waals surface area contributed by atoms with Gasteiger partial charge in [-0.15, -0.1) is 0 Å². The lowest BCUT2D eigenvalue weighted by Gasteiger charge is -2.26. The monoisotopic (exact) mass is 340 g/mol. The molecule has 4 heteroatoms. The highest BCUT2D eigenvalue weighted by molar-refractivity contribution is 6.00. The van der Waals surface area contributed by atoms with E-state index in [2.05, 4.69) is 29.8 Å². The number of anilines is 1. The first-order chi connectivity index (χ1) is 12.1. The lowest BCUT2D eigenvalue weighted by atomic mass is 9.95. The van der Waals surface area contributed by atoms with Crippen LogP contribution in [0.2, 0.25) is 0 Å². The minimum absolute atomic E-state index is 0.144. The van der Waals surface area contributed by atoms with Crippen molar-refractivity contribution in [3.63, 3.8) is 0 Å². The topological polar surface area (TPSA) is 43.3 Å². The minimum Gasteiger partial charge on any atom is -0.497 e. The number of ketones is 1. The van der Waals surface area contributed by atoms with Gasteiger partial charge >= 0.3 is 0 Å². The van der Waals surface area contributed by atoms with Crippen molar-refractivity contribution in [3.8, 4) is 5.75 Å². The molecule has 1 aliphatic rings. The number of Topliss-reactive ketones (excluding diaryl/α,β-unsaturated/α-hetero) is 1. The summed E-state index contributed by atoms with van der Waals surface area (Å²) in [6.45, 7) is 4.51. The third kappa shape index (κ3) is 3.89. The van der Waals surface area contributed by atoms with Crippen molar-refractivity contribution >= 4 is 11.5 Å². The van der Waals surface area contributed by atoms with Crippen LogP contribution >= 0.6 is 0 Å². The number of ether oxygens (including phenoxy) is 1. The fraction of sp³-hybridized carbons (Fsp3) is 0.476. The third-order valence-electron chi connectivity index (χ3n) is 5.27. The predicted molar refractivity (Wildman–Crippen MR) is 102 cm³/mol. The first kappa shape index (κ1) is 17.6. The molecule has 0 amide bonds.